The molecule has 58 valence electrons. The molecule has 0 aromatic heterocycles. The number of esters is 1. The lowest BCUT2D eigenvalue weighted by atomic mass is 10.1. The van der Waals surface area contributed by atoms with Crippen molar-refractivity contribution in [3.63, 3.8) is 0 Å². The third-order valence-electron chi connectivity index (χ3n) is 1.64. The smallest absolute Gasteiger partial charge is 0.334 e. The number of ether oxygens (including phenoxy) is 2. The molecule has 1 rings (SSSR count). The molecule has 1 aliphatic rings. The molecule has 1 heterocycles. The van der Waals surface area contributed by atoms with Gasteiger partial charge in [-0.05, 0) is 19.3 Å². The molecule has 0 amide bonds. The standard InChI is InChI=1S/C7H12O3/c1-9-7(8)6-4-2-3-5-10-6/h6H,2-5H2,1H3/t6-/m1/s1. The molecule has 0 N–H and O–H groups in total. The molecule has 10 heavy (non-hydrogen) atoms. The fourth-order valence-electron chi connectivity index (χ4n) is 1.06. The Hall–Kier alpha value is -0.570. The van der Waals surface area contributed by atoms with E-state index in [1.165, 1.54) is 7.11 Å². The predicted octanol–water partition coefficient (Wildman–Crippen LogP) is 0.728. The summed E-state index contributed by atoms with van der Waals surface area (Å²) in [7, 11) is 1.39. The van der Waals surface area contributed by atoms with Crippen LogP contribution in [0.4, 0.5) is 0 Å². The maximum atomic E-state index is 10.8. The minimum absolute atomic E-state index is 0.236. The molecule has 0 aromatic carbocycles. The highest BCUT2D eigenvalue weighted by Gasteiger charge is 2.21. The summed E-state index contributed by atoms with van der Waals surface area (Å²) in [5, 5.41) is 0. The van der Waals surface area contributed by atoms with E-state index in [1.807, 2.05) is 0 Å². The minimum Gasteiger partial charge on any atom is -0.467 e. The van der Waals surface area contributed by atoms with Gasteiger partial charge in [0.05, 0.1) is 7.11 Å². The van der Waals surface area contributed by atoms with Crippen molar-refractivity contribution in [2.24, 2.45) is 0 Å². The molecule has 1 saturated heterocycles. The largest absolute Gasteiger partial charge is 0.467 e. The summed E-state index contributed by atoms with van der Waals surface area (Å²) in [6.45, 7) is 0.694. The second-order valence-corrected chi connectivity index (χ2v) is 2.38. The van der Waals surface area contributed by atoms with Crippen LogP contribution in [0.25, 0.3) is 0 Å². The third kappa shape index (κ3) is 1.70. The molecule has 1 atom stereocenters. The lowest BCUT2D eigenvalue weighted by molar-refractivity contribution is -0.156. The number of carbonyl (C=O) groups excluding carboxylic acids is 1. The van der Waals surface area contributed by atoms with Crippen molar-refractivity contribution in [3.05, 3.63) is 0 Å². The molecule has 0 radical (unpaired) electrons. The van der Waals surface area contributed by atoms with Crippen LogP contribution in [0.5, 0.6) is 0 Å². The van der Waals surface area contributed by atoms with Crippen molar-refractivity contribution in [1.29, 1.82) is 0 Å². The Kier molecular flexibility index (Phi) is 2.68. The van der Waals surface area contributed by atoms with Crippen LogP contribution in [0.3, 0.4) is 0 Å². The lowest BCUT2D eigenvalue weighted by Gasteiger charge is -2.19. The topological polar surface area (TPSA) is 35.5 Å². The van der Waals surface area contributed by atoms with Crippen molar-refractivity contribution >= 4 is 5.97 Å². The van der Waals surface area contributed by atoms with E-state index >= 15 is 0 Å². The first kappa shape index (κ1) is 7.54. The number of rotatable bonds is 1. The van der Waals surface area contributed by atoms with Crippen LogP contribution in [0.15, 0.2) is 0 Å². The Morgan fingerprint density at radius 1 is 1.60 bits per heavy atom. The van der Waals surface area contributed by atoms with Crippen LogP contribution in [0.2, 0.25) is 0 Å². The summed E-state index contributed by atoms with van der Waals surface area (Å²) in [5.41, 5.74) is 0. The minimum atomic E-state index is -0.293. The van der Waals surface area contributed by atoms with Gasteiger partial charge in [0.2, 0.25) is 0 Å². The molecule has 1 aliphatic heterocycles. The molecule has 1 fully saturated rings. The summed E-state index contributed by atoms with van der Waals surface area (Å²) < 4.78 is 9.68. The van der Waals surface area contributed by atoms with Gasteiger partial charge < -0.3 is 9.47 Å². The average Bonchev–Trinajstić information content (AvgIpc) is 2.05. The van der Waals surface area contributed by atoms with Gasteiger partial charge in [-0.2, -0.15) is 0 Å². The Morgan fingerprint density at radius 2 is 2.40 bits per heavy atom. The molecular weight excluding hydrogens is 132 g/mol. The van der Waals surface area contributed by atoms with Gasteiger partial charge in [0, 0.05) is 6.61 Å². The van der Waals surface area contributed by atoms with Crippen molar-refractivity contribution in [2.45, 2.75) is 25.4 Å². The van der Waals surface area contributed by atoms with Crippen molar-refractivity contribution in [1.82, 2.24) is 0 Å². The quantitative estimate of drug-likeness (QED) is 0.509. The summed E-state index contributed by atoms with van der Waals surface area (Å²) in [4.78, 5) is 10.8. The highest BCUT2D eigenvalue weighted by Crippen LogP contribution is 2.13. The number of carbonyl (C=O) groups is 1. The van der Waals surface area contributed by atoms with Crippen LogP contribution in [-0.4, -0.2) is 25.8 Å². The Morgan fingerprint density at radius 3 is 2.90 bits per heavy atom. The normalized spacial score (nSPS) is 25.9. The summed E-state index contributed by atoms with van der Waals surface area (Å²) >= 11 is 0. The summed E-state index contributed by atoms with van der Waals surface area (Å²) in [5.74, 6) is -0.236. The van der Waals surface area contributed by atoms with E-state index in [4.69, 9.17) is 4.74 Å². The van der Waals surface area contributed by atoms with Gasteiger partial charge in [0.15, 0.2) is 6.10 Å². The van der Waals surface area contributed by atoms with Crippen molar-refractivity contribution < 1.29 is 14.3 Å². The summed E-state index contributed by atoms with van der Waals surface area (Å²) in [6, 6.07) is 0. The van der Waals surface area contributed by atoms with Crippen molar-refractivity contribution in [2.75, 3.05) is 13.7 Å². The second-order valence-electron chi connectivity index (χ2n) is 2.38. The average molecular weight is 144 g/mol. The van der Waals surface area contributed by atoms with Crippen LogP contribution >= 0.6 is 0 Å². The predicted molar refractivity (Wildman–Crippen MR) is 35.6 cm³/mol. The fourth-order valence-corrected chi connectivity index (χ4v) is 1.06. The van der Waals surface area contributed by atoms with E-state index in [-0.39, 0.29) is 12.1 Å². The zero-order valence-corrected chi connectivity index (χ0v) is 6.13. The van der Waals surface area contributed by atoms with Crippen molar-refractivity contribution in [3.8, 4) is 0 Å². The van der Waals surface area contributed by atoms with Gasteiger partial charge in [-0.25, -0.2) is 4.79 Å². The highest BCUT2D eigenvalue weighted by molar-refractivity contribution is 5.74. The molecule has 0 aromatic rings. The van der Waals surface area contributed by atoms with Gasteiger partial charge >= 0.3 is 5.97 Å². The van der Waals surface area contributed by atoms with Gasteiger partial charge in [-0.15, -0.1) is 0 Å². The molecule has 0 aliphatic carbocycles. The third-order valence-corrected chi connectivity index (χ3v) is 1.64. The molecule has 0 bridgehead atoms. The van der Waals surface area contributed by atoms with Crippen LogP contribution < -0.4 is 0 Å². The zero-order valence-electron chi connectivity index (χ0n) is 6.13. The van der Waals surface area contributed by atoms with E-state index in [0.717, 1.165) is 19.3 Å². The Bertz CT molecular complexity index is 116. The van der Waals surface area contributed by atoms with E-state index in [9.17, 15) is 4.79 Å². The highest BCUT2D eigenvalue weighted by atomic mass is 16.6. The molecular formula is C7H12O3. The number of hydrogen-bond acceptors (Lipinski definition) is 3. The van der Waals surface area contributed by atoms with Gasteiger partial charge in [-0.1, -0.05) is 0 Å². The first-order chi connectivity index (χ1) is 4.84. The summed E-state index contributed by atoms with van der Waals surface area (Å²) in [6.07, 6.45) is 2.65. The van der Waals surface area contributed by atoms with Gasteiger partial charge in [0.1, 0.15) is 0 Å². The Labute approximate surface area is 60.3 Å². The fraction of sp³-hybridized carbons (Fsp3) is 0.857. The second kappa shape index (κ2) is 3.56. The molecule has 0 saturated carbocycles. The Balaban J connectivity index is 2.31. The van der Waals surface area contributed by atoms with E-state index in [1.54, 1.807) is 0 Å². The maximum Gasteiger partial charge on any atom is 0.334 e. The van der Waals surface area contributed by atoms with Crippen LogP contribution in [-0.2, 0) is 14.3 Å². The van der Waals surface area contributed by atoms with Gasteiger partial charge in [-0.3, -0.25) is 0 Å². The van der Waals surface area contributed by atoms with Crippen LogP contribution in [0.1, 0.15) is 19.3 Å². The SMILES string of the molecule is COC(=O)[C@H]1CCCCO1. The molecule has 0 unspecified atom stereocenters. The maximum absolute atomic E-state index is 10.8. The number of hydrogen-bond donors (Lipinski definition) is 0. The first-order valence-corrected chi connectivity index (χ1v) is 3.54. The molecule has 3 heteroatoms. The van der Waals surface area contributed by atoms with E-state index in [0.29, 0.717) is 6.61 Å². The van der Waals surface area contributed by atoms with E-state index in [2.05, 4.69) is 4.74 Å². The molecule has 3 nitrogen and oxygen atoms in total. The number of methoxy groups -OCH3 is 1. The van der Waals surface area contributed by atoms with Crippen LogP contribution in [0, 0.1) is 0 Å². The van der Waals surface area contributed by atoms with Gasteiger partial charge in [0.25, 0.3) is 0 Å². The van der Waals surface area contributed by atoms with E-state index < -0.39 is 0 Å². The lowest BCUT2D eigenvalue weighted by Crippen LogP contribution is -2.28. The molecule has 0 spiro atoms. The first-order valence-electron chi connectivity index (χ1n) is 3.54. The monoisotopic (exact) mass is 144 g/mol. The zero-order chi connectivity index (χ0) is 7.40.